The number of nitrogens with zero attached hydrogens (tertiary/aromatic N) is 3. The topological polar surface area (TPSA) is 102 Å². The third-order valence-electron chi connectivity index (χ3n) is 5.20. The molecule has 34 heavy (non-hydrogen) atoms. The molecule has 8 nitrogen and oxygen atoms in total. The number of amides is 1. The zero-order valence-corrected chi connectivity index (χ0v) is 18.9. The molecule has 0 aliphatic heterocycles. The van der Waals surface area contributed by atoms with Crippen molar-refractivity contribution < 1.29 is 18.7 Å². The number of aromatic nitrogens is 2. The van der Waals surface area contributed by atoms with E-state index in [1.54, 1.807) is 25.1 Å². The Balaban J connectivity index is 1.77. The predicted octanol–water partition coefficient (Wildman–Crippen LogP) is 4.35. The fraction of sp³-hybridized carbons (Fsp3) is 0.192. The van der Waals surface area contributed by atoms with Gasteiger partial charge in [-0.2, -0.15) is 10.4 Å². The van der Waals surface area contributed by atoms with Gasteiger partial charge in [0, 0.05) is 37.4 Å². The Morgan fingerprint density at radius 3 is 2.76 bits per heavy atom. The first-order valence-electron chi connectivity index (χ1n) is 10.8. The van der Waals surface area contributed by atoms with Crippen LogP contribution in [0.2, 0.25) is 0 Å². The van der Waals surface area contributed by atoms with Crippen LogP contribution in [0, 0.1) is 11.3 Å². The van der Waals surface area contributed by atoms with Crippen LogP contribution >= 0.6 is 0 Å². The van der Waals surface area contributed by atoms with Crippen LogP contribution in [0.15, 0.2) is 70.8 Å². The molecule has 0 bridgehead atoms. The number of nitrogens with one attached hydrogen (secondary N) is 1. The number of hydrogen-bond acceptors (Lipinski definition) is 6. The lowest BCUT2D eigenvalue weighted by atomic mass is 10.1. The minimum Gasteiger partial charge on any atom is -0.493 e. The summed E-state index contributed by atoms with van der Waals surface area (Å²) < 4.78 is 18.2. The highest BCUT2D eigenvalue weighted by atomic mass is 16.5. The van der Waals surface area contributed by atoms with Gasteiger partial charge in [0.25, 0.3) is 5.91 Å². The summed E-state index contributed by atoms with van der Waals surface area (Å²) in [5.74, 6) is 0.651. The molecule has 0 fully saturated rings. The zero-order valence-electron chi connectivity index (χ0n) is 18.9. The molecule has 8 heteroatoms. The Labute approximate surface area is 197 Å². The average molecular weight is 457 g/mol. The molecule has 0 aliphatic rings. The van der Waals surface area contributed by atoms with E-state index >= 15 is 0 Å². The van der Waals surface area contributed by atoms with E-state index in [-0.39, 0.29) is 5.57 Å². The molecule has 4 aromatic rings. The second-order valence-electron chi connectivity index (χ2n) is 7.47. The minimum atomic E-state index is -0.455. The van der Waals surface area contributed by atoms with E-state index < -0.39 is 5.91 Å². The normalized spacial score (nSPS) is 11.4. The number of rotatable bonds is 9. The monoisotopic (exact) mass is 456 g/mol. The van der Waals surface area contributed by atoms with Gasteiger partial charge in [0.1, 0.15) is 17.3 Å². The van der Waals surface area contributed by atoms with Gasteiger partial charge in [0.15, 0.2) is 17.1 Å². The van der Waals surface area contributed by atoms with Crippen molar-refractivity contribution in [2.24, 2.45) is 0 Å². The number of ether oxygens (including phenoxy) is 2. The first-order chi connectivity index (χ1) is 16.6. The summed E-state index contributed by atoms with van der Waals surface area (Å²) in [4.78, 5) is 12.6. The van der Waals surface area contributed by atoms with Crippen LogP contribution in [0.5, 0.6) is 5.75 Å². The molecule has 2 aromatic carbocycles. The van der Waals surface area contributed by atoms with Gasteiger partial charge in [-0.1, -0.05) is 30.3 Å². The third kappa shape index (κ3) is 4.85. The molecule has 4 rings (SSSR count). The summed E-state index contributed by atoms with van der Waals surface area (Å²) in [5, 5.41) is 18.0. The van der Waals surface area contributed by atoms with Gasteiger partial charge in [0.2, 0.25) is 0 Å². The number of methoxy groups -OCH3 is 2. The van der Waals surface area contributed by atoms with Gasteiger partial charge in [-0.05, 0) is 36.8 Å². The standard InChI is InChI=1S/C26H24N4O4/c1-32-13-7-12-28-26(31)19(16-27)14-20-17-30(21-9-4-3-5-10-21)29-24(20)23-15-18-8-6-11-22(33-2)25(18)34-23/h3-6,8-11,14-15,17H,7,12-13H2,1-2H3,(H,28,31). The van der Waals surface area contributed by atoms with Gasteiger partial charge < -0.3 is 19.2 Å². The lowest BCUT2D eigenvalue weighted by Crippen LogP contribution is -2.26. The van der Waals surface area contributed by atoms with Gasteiger partial charge in [-0.3, -0.25) is 4.79 Å². The van der Waals surface area contributed by atoms with Crippen LogP contribution in [0.25, 0.3) is 34.2 Å². The number of hydrogen-bond donors (Lipinski definition) is 1. The van der Waals surface area contributed by atoms with Crippen molar-refractivity contribution in [2.45, 2.75) is 6.42 Å². The maximum absolute atomic E-state index is 12.6. The number of furan rings is 1. The van der Waals surface area contributed by atoms with Crippen molar-refractivity contribution in [3.63, 3.8) is 0 Å². The quantitative estimate of drug-likeness (QED) is 0.228. The molecule has 0 unspecified atom stereocenters. The van der Waals surface area contributed by atoms with Crippen LogP contribution in [-0.2, 0) is 9.53 Å². The minimum absolute atomic E-state index is 0.0278. The fourth-order valence-corrected chi connectivity index (χ4v) is 3.53. The second kappa shape index (κ2) is 10.5. The van der Waals surface area contributed by atoms with E-state index in [9.17, 15) is 10.1 Å². The highest BCUT2D eigenvalue weighted by molar-refractivity contribution is 6.02. The van der Waals surface area contributed by atoms with Crippen LogP contribution < -0.4 is 10.1 Å². The molecular weight excluding hydrogens is 432 g/mol. The summed E-state index contributed by atoms with van der Waals surface area (Å²) in [6.45, 7) is 0.931. The van der Waals surface area contributed by atoms with E-state index in [0.717, 1.165) is 11.1 Å². The number of carbonyl (C=O) groups excluding carboxylic acids is 1. The molecule has 172 valence electrons. The Kier molecular flexibility index (Phi) is 7.06. The zero-order chi connectivity index (χ0) is 23.9. The number of carbonyl (C=O) groups is 1. The van der Waals surface area contributed by atoms with Crippen molar-refractivity contribution in [1.29, 1.82) is 5.26 Å². The number of nitriles is 1. The molecule has 0 saturated carbocycles. The Morgan fingerprint density at radius 1 is 1.21 bits per heavy atom. The largest absolute Gasteiger partial charge is 0.493 e. The lowest BCUT2D eigenvalue weighted by molar-refractivity contribution is -0.117. The van der Waals surface area contributed by atoms with Gasteiger partial charge in [0.05, 0.1) is 12.8 Å². The number of benzene rings is 2. The smallest absolute Gasteiger partial charge is 0.261 e. The summed E-state index contributed by atoms with van der Waals surface area (Å²) in [6.07, 6.45) is 3.95. The Morgan fingerprint density at radius 2 is 2.03 bits per heavy atom. The average Bonchev–Trinajstić information content (AvgIpc) is 3.49. The van der Waals surface area contributed by atoms with Crippen molar-refractivity contribution >= 4 is 23.0 Å². The van der Waals surface area contributed by atoms with Gasteiger partial charge in [-0.25, -0.2) is 4.68 Å². The van der Waals surface area contributed by atoms with Crippen LogP contribution in [0.4, 0.5) is 0 Å². The van der Waals surface area contributed by atoms with E-state index in [1.807, 2.05) is 60.7 Å². The first-order valence-corrected chi connectivity index (χ1v) is 10.8. The van der Waals surface area contributed by atoms with Crippen LogP contribution in [0.3, 0.4) is 0 Å². The van der Waals surface area contributed by atoms with E-state index in [4.69, 9.17) is 19.0 Å². The Bertz CT molecular complexity index is 1360. The highest BCUT2D eigenvalue weighted by Gasteiger charge is 2.19. The molecular formula is C26H24N4O4. The number of para-hydroxylation sites is 2. The first kappa shape index (κ1) is 22.8. The Hall–Kier alpha value is -4.35. The third-order valence-corrected chi connectivity index (χ3v) is 5.20. The van der Waals surface area contributed by atoms with Crippen LogP contribution in [0.1, 0.15) is 12.0 Å². The van der Waals surface area contributed by atoms with Gasteiger partial charge in [-0.15, -0.1) is 0 Å². The van der Waals surface area contributed by atoms with Crippen molar-refractivity contribution in [3.05, 3.63) is 71.9 Å². The molecule has 0 spiro atoms. The predicted molar refractivity (Wildman–Crippen MR) is 128 cm³/mol. The molecule has 0 aliphatic carbocycles. The SMILES string of the molecule is COCCCNC(=O)C(C#N)=Cc1cn(-c2ccccc2)nc1-c1cc2cccc(OC)c2o1. The lowest BCUT2D eigenvalue weighted by Gasteiger charge is -2.03. The van der Waals surface area contributed by atoms with Crippen molar-refractivity contribution in [1.82, 2.24) is 15.1 Å². The molecule has 0 saturated heterocycles. The van der Waals surface area contributed by atoms with E-state index in [2.05, 4.69) is 5.32 Å². The van der Waals surface area contributed by atoms with Crippen molar-refractivity contribution in [2.75, 3.05) is 27.4 Å². The molecule has 2 aromatic heterocycles. The number of fused-ring (bicyclic) bond motifs is 1. The fourth-order valence-electron chi connectivity index (χ4n) is 3.53. The highest BCUT2D eigenvalue weighted by Crippen LogP contribution is 2.35. The summed E-state index contributed by atoms with van der Waals surface area (Å²) in [7, 11) is 3.18. The second-order valence-corrected chi connectivity index (χ2v) is 7.47. The summed E-state index contributed by atoms with van der Waals surface area (Å²) >= 11 is 0. The maximum atomic E-state index is 12.6. The maximum Gasteiger partial charge on any atom is 0.261 e. The summed E-state index contributed by atoms with van der Waals surface area (Å²) in [5.41, 5.74) is 2.48. The molecule has 0 radical (unpaired) electrons. The van der Waals surface area contributed by atoms with E-state index in [1.165, 1.54) is 6.08 Å². The molecule has 2 heterocycles. The van der Waals surface area contributed by atoms with E-state index in [0.29, 0.717) is 47.9 Å². The molecule has 0 atom stereocenters. The molecule has 1 N–H and O–H groups in total. The van der Waals surface area contributed by atoms with Gasteiger partial charge >= 0.3 is 0 Å². The van der Waals surface area contributed by atoms with Crippen LogP contribution in [-0.4, -0.2) is 43.1 Å². The molecule has 1 amide bonds. The summed E-state index contributed by atoms with van der Waals surface area (Å²) in [6, 6.07) is 19.0. The van der Waals surface area contributed by atoms with Crippen molar-refractivity contribution in [3.8, 4) is 29.0 Å².